The zero-order valence-corrected chi connectivity index (χ0v) is 8.41. The number of para-hydroxylation sites is 1. The van der Waals surface area contributed by atoms with Gasteiger partial charge < -0.3 is 0 Å². The third-order valence-electron chi connectivity index (χ3n) is 1.40. The third kappa shape index (κ3) is 3.65. The Kier molecular flexibility index (Phi) is 6.42. The largest absolute Gasteiger partial charge is 0.204 e. The molecule has 1 aromatic carbocycles. The Morgan fingerprint density at radius 2 is 1.85 bits per heavy atom. The molecule has 0 amide bonds. The van der Waals surface area contributed by atoms with E-state index in [9.17, 15) is 0 Å². The molecule has 0 bridgehead atoms. The van der Waals surface area contributed by atoms with Crippen LogP contribution in [0.15, 0.2) is 35.5 Å². The number of rotatable bonds is 2. The van der Waals surface area contributed by atoms with Gasteiger partial charge in [-0.15, -0.1) is 0 Å². The summed E-state index contributed by atoms with van der Waals surface area (Å²) in [4.78, 5) is 0. The summed E-state index contributed by atoms with van der Waals surface area (Å²) in [7, 11) is 0. The summed E-state index contributed by atoms with van der Waals surface area (Å²) in [6.07, 6.45) is 3.87. The summed E-state index contributed by atoms with van der Waals surface area (Å²) in [6.45, 7) is 5.95. The highest BCUT2D eigenvalue weighted by Gasteiger charge is 1.92. The summed E-state index contributed by atoms with van der Waals surface area (Å²) in [5, 5.41) is 3.39. The predicted molar refractivity (Wildman–Crippen MR) is 57.3 cm³/mol. The second-order valence-electron chi connectivity index (χ2n) is 2.17. The lowest BCUT2D eigenvalue weighted by Crippen LogP contribution is -1.70. The molecule has 0 radical (unpaired) electrons. The lowest BCUT2D eigenvalue weighted by Gasteiger charge is -1.95. The van der Waals surface area contributed by atoms with Crippen molar-refractivity contribution in [1.29, 1.82) is 5.53 Å². The number of nitrogens with zero attached hydrogens (tertiary/aromatic N) is 1. The van der Waals surface area contributed by atoms with Crippen LogP contribution in [0.4, 0.5) is 5.69 Å². The predicted octanol–water partition coefficient (Wildman–Crippen LogP) is 4.41. The zero-order chi connectivity index (χ0) is 10.1. The minimum Gasteiger partial charge on any atom is -0.204 e. The Bertz CT molecular complexity index is 277. The number of allylic oxidation sites excluding steroid dienone is 1. The van der Waals surface area contributed by atoms with Gasteiger partial charge in [-0.3, -0.25) is 0 Å². The molecule has 2 heteroatoms. The standard InChI is InChI=1S/C9H10N2.C2H6/c1-2-5-8-6-3-4-7-9(8)11-10;1-2/h2-7,10H,1H3;1-2H3/b5-2-,11-10?;. The van der Waals surface area contributed by atoms with Crippen LogP contribution >= 0.6 is 0 Å². The van der Waals surface area contributed by atoms with Gasteiger partial charge in [-0.2, -0.15) is 5.11 Å². The molecular formula is C11H16N2. The van der Waals surface area contributed by atoms with Crippen molar-refractivity contribution in [1.82, 2.24) is 0 Å². The maximum atomic E-state index is 6.85. The van der Waals surface area contributed by atoms with E-state index in [0.717, 1.165) is 5.56 Å². The Hall–Kier alpha value is -1.44. The molecular weight excluding hydrogens is 160 g/mol. The van der Waals surface area contributed by atoms with Gasteiger partial charge in [0.2, 0.25) is 0 Å². The highest BCUT2D eigenvalue weighted by Crippen LogP contribution is 2.18. The van der Waals surface area contributed by atoms with Gasteiger partial charge in [-0.25, -0.2) is 5.53 Å². The second kappa shape index (κ2) is 7.22. The fraction of sp³-hybridized carbons (Fsp3) is 0.273. The molecule has 0 aliphatic heterocycles. The van der Waals surface area contributed by atoms with Crippen LogP contribution in [-0.2, 0) is 0 Å². The number of hydrogen-bond acceptors (Lipinski definition) is 2. The molecule has 0 aliphatic rings. The smallest absolute Gasteiger partial charge is 0.0922 e. The lowest BCUT2D eigenvalue weighted by atomic mass is 10.2. The molecule has 0 aliphatic carbocycles. The van der Waals surface area contributed by atoms with E-state index in [1.54, 1.807) is 0 Å². The molecule has 0 saturated heterocycles. The normalized spacial score (nSPS) is 9.15. The summed E-state index contributed by atoms with van der Waals surface area (Å²) >= 11 is 0. The molecule has 1 rings (SSSR count). The van der Waals surface area contributed by atoms with Crippen LogP contribution in [0, 0.1) is 5.53 Å². The molecule has 0 fully saturated rings. The van der Waals surface area contributed by atoms with Gasteiger partial charge in [0, 0.05) is 5.56 Å². The van der Waals surface area contributed by atoms with Crippen molar-refractivity contribution in [3.63, 3.8) is 0 Å². The Labute approximate surface area is 79.8 Å². The van der Waals surface area contributed by atoms with Crippen molar-refractivity contribution in [3.8, 4) is 0 Å². The van der Waals surface area contributed by atoms with E-state index in [-0.39, 0.29) is 0 Å². The first-order chi connectivity index (χ1) is 6.38. The van der Waals surface area contributed by atoms with Crippen molar-refractivity contribution in [2.24, 2.45) is 5.11 Å². The van der Waals surface area contributed by atoms with Crippen LogP contribution in [0.5, 0.6) is 0 Å². The van der Waals surface area contributed by atoms with Crippen molar-refractivity contribution >= 4 is 11.8 Å². The van der Waals surface area contributed by atoms with Gasteiger partial charge in [-0.05, 0) is 13.0 Å². The first-order valence-electron chi connectivity index (χ1n) is 4.47. The van der Waals surface area contributed by atoms with Crippen molar-refractivity contribution in [3.05, 3.63) is 35.9 Å². The summed E-state index contributed by atoms with van der Waals surface area (Å²) < 4.78 is 0. The number of benzene rings is 1. The minimum atomic E-state index is 0.714. The highest BCUT2D eigenvalue weighted by molar-refractivity contribution is 5.62. The van der Waals surface area contributed by atoms with Crippen LogP contribution in [-0.4, -0.2) is 0 Å². The summed E-state index contributed by atoms with van der Waals surface area (Å²) in [6, 6.07) is 7.57. The maximum Gasteiger partial charge on any atom is 0.0922 e. The van der Waals surface area contributed by atoms with Crippen molar-refractivity contribution in [2.45, 2.75) is 20.8 Å². The average molecular weight is 176 g/mol. The van der Waals surface area contributed by atoms with Crippen LogP contribution < -0.4 is 0 Å². The van der Waals surface area contributed by atoms with E-state index in [1.807, 2.05) is 57.2 Å². The van der Waals surface area contributed by atoms with Crippen molar-refractivity contribution in [2.75, 3.05) is 0 Å². The van der Waals surface area contributed by atoms with E-state index < -0.39 is 0 Å². The van der Waals surface area contributed by atoms with E-state index in [2.05, 4.69) is 5.11 Å². The van der Waals surface area contributed by atoms with Crippen LogP contribution in [0.25, 0.3) is 6.08 Å². The molecule has 0 unspecified atom stereocenters. The average Bonchev–Trinajstić information content (AvgIpc) is 2.22. The Morgan fingerprint density at radius 3 is 2.38 bits per heavy atom. The number of hydrogen-bond donors (Lipinski definition) is 1. The van der Waals surface area contributed by atoms with Gasteiger partial charge in [0.1, 0.15) is 0 Å². The van der Waals surface area contributed by atoms with E-state index >= 15 is 0 Å². The van der Waals surface area contributed by atoms with Gasteiger partial charge in [0.15, 0.2) is 0 Å². The number of nitrogens with one attached hydrogen (secondary N) is 1. The van der Waals surface area contributed by atoms with Gasteiger partial charge in [0.05, 0.1) is 5.69 Å². The molecule has 13 heavy (non-hydrogen) atoms. The Balaban J connectivity index is 0.000000671. The van der Waals surface area contributed by atoms with Crippen LogP contribution in [0.3, 0.4) is 0 Å². The molecule has 70 valence electrons. The lowest BCUT2D eigenvalue weighted by molar-refractivity contribution is 1.14. The molecule has 0 heterocycles. The first-order valence-corrected chi connectivity index (χ1v) is 4.47. The third-order valence-corrected chi connectivity index (χ3v) is 1.40. The monoisotopic (exact) mass is 176 g/mol. The molecule has 1 aromatic rings. The molecule has 0 saturated carbocycles. The van der Waals surface area contributed by atoms with Crippen molar-refractivity contribution < 1.29 is 0 Å². The fourth-order valence-electron chi connectivity index (χ4n) is 0.910. The highest BCUT2D eigenvalue weighted by atomic mass is 15.0. The topological polar surface area (TPSA) is 36.2 Å². The van der Waals surface area contributed by atoms with Gasteiger partial charge >= 0.3 is 0 Å². The molecule has 2 nitrogen and oxygen atoms in total. The van der Waals surface area contributed by atoms with E-state index in [4.69, 9.17) is 5.53 Å². The molecule has 0 spiro atoms. The van der Waals surface area contributed by atoms with E-state index in [0.29, 0.717) is 5.69 Å². The maximum absolute atomic E-state index is 6.85. The molecule has 1 N–H and O–H groups in total. The van der Waals surface area contributed by atoms with Crippen LogP contribution in [0.1, 0.15) is 26.3 Å². The molecule has 0 aromatic heterocycles. The van der Waals surface area contributed by atoms with Gasteiger partial charge in [0.25, 0.3) is 0 Å². The first kappa shape index (κ1) is 11.6. The molecule has 0 atom stereocenters. The summed E-state index contributed by atoms with van der Waals surface area (Å²) in [5.74, 6) is 0. The second-order valence-corrected chi connectivity index (χ2v) is 2.17. The van der Waals surface area contributed by atoms with Crippen LogP contribution in [0.2, 0.25) is 0 Å². The van der Waals surface area contributed by atoms with Gasteiger partial charge in [-0.1, -0.05) is 44.2 Å². The summed E-state index contributed by atoms with van der Waals surface area (Å²) in [5.41, 5.74) is 8.56. The SMILES string of the molecule is C/C=C\c1ccccc1N=N.CC. The minimum absolute atomic E-state index is 0.714. The van der Waals surface area contributed by atoms with E-state index in [1.165, 1.54) is 0 Å². The Morgan fingerprint density at radius 1 is 1.23 bits per heavy atom. The fourth-order valence-corrected chi connectivity index (χ4v) is 0.910. The quantitative estimate of drug-likeness (QED) is 0.648. The zero-order valence-electron chi connectivity index (χ0n) is 8.41.